The quantitative estimate of drug-likeness (QED) is 0.714. The van der Waals surface area contributed by atoms with E-state index in [0.717, 1.165) is 56.6 Å². The zero-order valence-electron chi connectivity index (χ0n) is 17.5. The van der Waals surface area contributed by atoms with Gasteiger partial charge >= 0.3 is 12.1 Å². The number of hydrogen-bond acceptors (Lipinski definition) is 7. The summed E-state index contributed by atoms with van der Waals surface area (Å²) in [5.74, 6) is -1.38. The predicted octanol–water partition coefficient (Wildman–Crippen LogP) is 2.30. The SMILES string of the molecule is Cc1snnc1C(=O)N1CC[C@@]2(CN(C)C[C@H]2COCC2CC2)C1.O=C(O)C(F)(F)F. The van der Waals surface area contributed by atoms with Crippen LogP contribution in [0, 0.1) is 24.2 Å². The average molecular weight is 465 g/mol. The van der Waals surface area contributed by atoms with Gasteiger partial charge < -0.3 is 19.6 Å². The van der Waals surface area contributed by atoms with Crippen LogP contribution in [0.2, 0.25) is 0 Å². The molecule has 0 radical (unpaired) electrons. The number of ether oxygens (including phenoxy) is 1. The van der Waals surface area contributed by atoms with E-state index in [4.69, 9.17) is 14.6 Å². The molecule has 1 aliphatic carbocycles. The topological polar surface area (TPSA) is 95.9 Å². The lowest BCUT2D eigenvalue weighted by Crippen LogP contribution is -2.38. The number of carbonyl (C=O) groups is 2. The van der Waals surface area contributed by atoms with Crippen molar-refractivity contribution >= 4 is 23.4 Å². The van der Waals surface area contributed by atoms with Gasteiger partial charge in [0.1, 0.15) is 0 Å². The second kappa shape index (κ2) is 9.37. The fourth-order valence-corrected chi connectivity index (χ4v) is 4.76. The Kier molecular flexibility index (Phi) is 7.21. The summed E-state index contributed by atoms with van der Waals surface area (Å²) in [6.07, 6.45) is -1.35. The van der Waals surface area contributed by atoms with Gasteiger partial charge in [-0.15, -0.1) is 5.10 Å². The average Bonchev–Trinajstić information content (AvgIpc) is 3.11. The summed E-state index contributed by atoms with van der Waals surface area (Å²) in [5.41, 5.74) is 0.718. The molecule has 3 aliphatic rings. The van der Waals surface area contributed by atoms with Crippen molar-refractivity contribution in [1.82, 2.24) is 19.4 Å². The molecule has 3 heterocycles. The van der Waals surface area contributed by atoms with E-state index in [1.165, 1.54) is 24.4 Å². The second-order valence-corrected chi connectivity index (χ2v) is 9.65. The Morgan fingerprint density at radius 2 is 1.97 bits per heavy atom. The molecule has 1 amide bonds. The molecule has 1 aromatic rings. The minimum atomic E-state index is -5.08. The molecule has 0 bridgehead atoms. The number of carboxylic acid groups (broad SMARTS) is 1. The molecule has 8 nitrogen and oxygen atoms in total. The number of aromatic nitrogens is 2. The highest BCUT2D eigenvalue weighted by atomic mass is 32.1. The highest BCUT2D eigenvalue weighted by Crippen LogP contribution is 2.44. The molecular formula is C19H27F3N4O4S. The third-order valence-electron chi connectivity index (χ3n) is 6.12. The van der Waals surface area contributed by atoms with Crippen LogP contribution in [0.3, 0.4) is 0 Å². The van der Waals surface area contributed by atoms with Gasteiger partial charge in [-0.05, 0) is 50.7 Å². The van der Waals surface area contributed by atoms with Crippen molar-refractivity contribution < 1.29 is 32.6 Å². The summed E-state index contributed by atoms with van der Waals surface area (Å²) in [6, 6.07) is 0. The van der Waals surface area contributed by atoms with Crippen molar-refractivity contribution in [3.8, 4) is 0 Å². The van der Waals surface area contributed by atoms with Crippen molar-refractivity contribution in [2.45, 2.75) is 32.4 Å². The first-order valence-corrected chi connectivity index (χ1v) is 10.9. The maximum atomic E-state index is 12.8. The van der Waals surface area contributed by atoms with Gasteiger partial charge in [0, 0.05) is 44.1 Å². The summed E-state index contributed by atoms with van der Waals surface area (Å²) >= 11 is 1.30. The molecule has 1 N–H and O–H groups in total. The van der Waals surface area contributed by atoms with Gasteiger partial charge in [-0.2, -0.15) is 13.2 Å². The van der Waals surface area contributed by atoms with Crippen LogP contribution in [0.4, 0.5) is 13.2 Å². The molecule has 2 aliphatic heterocycles. The van der Waals surface area contributed by atoms with E-state index >= 15 is 0 Å². The number of rotatable bonds is 5. The van der Waals surface area contributed by atoms with E-state index in [1.807, 2.05) is 11.8 Å². The Morgan fingerprint density at radius 3 is 2.52 bits per heavy atom. The molecule has 0 unspecified atom stereocenters. The molecule has 12 heteroatoms. The zero-order valence-corrected chi connectivity index (χ0v) is 18.3. The molecule has 1 saturated carbocycles. The Labute approximate surface area is 182 Å². The van der Waals surface area contributed by atoms with Crippen LogP contribution in [0.5, 0.6) is 0 Å². The number of carboxylic acids is 1. The zero-order chi connectivity index (χ0) is 22.8. The van der Waals surface area contributed by atoms with Gasteiger partial charge in [0.15, 0.2) is 5.69 Å². The first-order valence-electron chi connectivity index (χ1n) is 10.2. The second-order valence-electron chi connectivity index (χ2n) is 8.69. The fourth-order valence-electron chi connectivity index (χ4n) is 4.30. The standard InChI is InChI=1S/C17H26N4O2S.C2HF3O2/c1-12-15(18-19-24-12)16(22)21-6-5-17(11-21)10-20(2)7-14(17)9-23-8-13-3-4-13;3-2(4,5)1(6)7/h13-14H,3-11H2,1-2H3;(H,6,7)/t14-,17+;/m0./s1. The lowest BCUT2D eigenvalue weighted by molar-refractivity contribution is -0.192. The third-order valence-corrected chi connectivity index (χ3v) is 6.75. The van der Waals surface area contributed by atoms with Gasteiger partial charge in [0.2, 0.25) is 0 Å². The summed E-state index contributed by atoms with van der Waals surface area (Å²) in [6.45, 7) is 7.45. The number of aliphatic carboxylic acids is 1. The van der Waals surface area contributed by atoms with E-state index in [9.17, 15) is 18.0 Å². The molecule has 2 atom stereocenters. The molecule has 174 valence electrons. The Balaban J connectivity index is 0.000000339. The van der Waals surface area contributed by atoms with Crippen molar-refractivity contribution in [1.29, 1.82) is 0 Å². The van der Waals surface area contributed by atoms with Crippen molar-refractivity contribution in [2.24, 2.45) is 17.3 Å². The van der Waals surface area contributed by atoms with Crippen LogP contribution in [0.1, 0.15) is 34.6 Å². The lowest BCUT2D eigenvalue weighted by atomic mass is 9.77. The summed E-state index contributed by atoms with van der Waals surface area (Å²) < 4.78 is 41.7. The maximum Gasteiger partial charge on any atom is 0.490 e. The molecule has 0 aromatic carbocycles. The molecular weight excluding hydrogens is 437 g/mol. The van der Waals surface area contributed by atoms with Gasteiger partial charge in [-0.1, -0.05) is 4.49 Å². The van der Waals surface area contributed by atoms with Crippen molar-refractivity contribution in [2.75, 3.05) is 46.4 Å². The Bertz CT molecular complexity index is 801. The first-order chi connectivity index (χ1) is 14.5. The minimum absolute atomic E-state index is 0.0466. The van der Waals surface area contributed by atoms with E-state index < -0.39 is 12.1 Å². The maximum absolute atomic E-state index is 12.8. The van der Waals surface area contributed by atoms with Crippen LogP contribution in [0.15, 0.2) is 0 Å². The van der Waals surface area contributed by atoms with Crippen LogP contribution in [-0.2, 0) is 9.53 Å². The number of aryl methyl sites for hydroxylation is 1. The minimum Gasteiger partial charge on any atom is -0.475 e. The highest BCUT2D eigenvalue weighted by Gasteiger charge is 2.50. The summed E-state index contributed by atoms with van der Waals surface area (Å²) in [5, 5.41) is 11.2. The smallest absolute Gasteiger partial charge is 0.475 e. The third kappa shape index (κ3) is 5.92. The van der Waals surface area contributed by atoms with Crippen LogP contribution in [-0.4, -0.2) is 89.0 Å². The number of likely N-dealkylation sites (tertiary alicyclic amines) is 2. The largest absolute Gasteiger partial charge is 0.490 e. The lowest BCUT2D eigenvalue weighted by Gasteiger charge is -2.30. The predicted molar refractivity (Wildman–Crippen MR) is 106 cm³/mol. The van der Waals surface area contributed by atoms with E-state index in [-0.39, 0.29) is 11.3 Å². The highest BCUT2D eigenvalue weighted by molar-refractivity contribution is 7.05. The van der Waals surface area contributed by atoms with Gasteiger partial charge in [-0.3, -0.25) is 4.79 Å². The molecule has 2 saturated heterocycles. The van der Waals surface area contributed by atoms with Gasteiger partial charge in [0.25, 0.3) is 5.91 Å². The number of alkyl halides is 3. The molecule has 3 fully saturated rings. The fraction of sp³-hybridized carbons (Fsp3) is 0.789. The molecule has 31 heavy (non-hydrogen) atoms. The van der Waals surface area contributed by atoms with E-state index in [2.05, 4.69) is 21.5 Å². The summed E-state index contributed by atoms with van der Waals surface area (Å²) in [7, 11) is 2.18. The monoisotopic (exact) mass is 464 g/mol. The molecule has 1 spiro atoms. The summed E-state index contributed by atoms with van der Waals surface area (Å²) in [4.78, 5) is 26.9. The number of halogens is 3. The molecule has 1 aromatic heterocycles. The van der Waals surface area contributed by atoms with Crippen molar-refractivity contribution in [3.63, 3.8) is 0 Å². The normalized spacial score (nSPS) is 26.2. The van der Waals surface area contributed by atoms with Crippen LogP contribution < -0.4 is 0 Å². The Hall–Kier alpha value is -1.79. The number of amides is 1. The van der Waals surface area contributed by atoms with Crippen molar-refractivity contribution in [3.05, 3.63) is 10.6 Å². The molecule has 4 rings (SSSR count). The first kappa shape index (κ1) is 23.9. The van der Waals surface area contributed by atoms with Gasteiger partial charge in [0.05, 0.1) is 11.5 Å². The van der Waals surface area contributed by atoms with Crippen LogP contribution >= 0.6 is 11.5 Å². The van der Waals surface area contributed by atoms with Crippen LogP contribution in [0.25, 0.3) is 0 Å². The van der Waals surface area contributed by atoms with E-state index in [1.54, 1.807) is 0 Å². The Morgan fingerprint density at radius 1 is 1.29 bits per heavy atom. The number of carbonyl (C=O) groups excluding carboxylic acids is 1. The number of nitrogens with zero attached hydrogens (tertiary/aromatic N) is 4. The van der Waals surface area contributed by atoms with E-state index in [0.29, 0.717) is 11.6 Å². The number of hydrogen-bond donors (Lipinski definition) is 1. The van der Waals surface area contributed by atoms with Gasteiger partial charge in [-0.25, -0.2) is 4.79 Å².